The molecule has 21 heavy (non-hydrogen) atoms. The van der Waals surface area contributed by atoms with E-state index in [2.05, 4.69) is 5.32 Å². The Morgan fingerprint density at radius 3 is 2.38 bits per heavy atom. The molecule has 110 valence electrons. The zero-order valence-electron chi connectivity index (χ0n) is 11.0. The van der Waals surface area contributed by atoms with Gasteiger partial charge < -0.3 is 10.1 Å². The number of halogens is 1. The average Bonchev–Trinajstić information content (AvgIpc) is 2.47. The van der Waals surface area contributed by atoms with Crippen LogP contribution in [0.5, 0.6) is 5.75 Å². The number of benzene rings is 2. The Morgan fingerprint density at radius 2 is 1.81 bits per heavy atom. The summed E-state index contributed by atoms with van der Waals surface area (Å²) in [5.74, 6) is -0.0404. The average molecular weight is 326 g/mol. The summed E-state index contributed by atoms with van der Waals surface area (Å²) < 4.78 is 27.8. The van der Waals surface area contributed by atoms with E-state index in [1.807, 2.05) is 0 Å². The van der Waals surface area contributed by atoms with Crippen LogP contribution in [0.2, 0.25) is 0 Å². The van der Waals surface area contributed by atoms with Crippen molar-refractivity contribution in [3.63, 3.8) is 0 Å². The largest absolute Gasteiger partial charge is 0.495 e. The van der Waals surface area contributed by atoms with Crippen LogP contribution < -0.4 is 10.1 Å². The lowest BCUT2D eigenvalue weighted by molar-refractivity contribution is 0.102. The van der Waals surface area contributed by atoms with Crippen LogP contribution in [0.1, 0.15) is 10.4 Å². The molecule has 0 bridgehead atoms. The van der Waals surface area contributed by atoms with Gasteiger partial charge in [-0.2, -0.15) is 0 Å². The number of ether oxygens (including phenoxy) is 1. The first-order valence-corrected chi connectivity index (χ1v) is 8.22. The number of carbonyl (C=O) groups excluding carboxylic acids is 1. The molecule has 7 heteroatoms. The van der Waals surface area contributed by atoms with Crippen molar-refractivity contribution in [2.75, 3.05) is 12.4 Å². The number of carbonyl (C=O) groups is 1. The minimum atomic E-state index is -3.89. The summed E-state index contributed by atoms with van der Waals surface area (Å²) in [5.41, 5.74) is 0.673. The Labute approximate surface area is 126 Å². The van der Waals surface area contributed by atoms with Gasteiger partial charge in [0, 0.05) is 16.2 Å². The van der Waals surface area contributed by atoms with Crippen molar-refractivity contribution in [1.29, 1.82) is 0 Å². The lowest BCUT2D eigenvalue weighted by atomic mass is 10.2. The highest BCUT2D eigenvalue weighted by Crippen LogP contribution is 2.29. The highest BCUT2D eigenvalue weighted by Gasteiger charge is 2.15. The second-order valence-corrected chi connectivity index (χ2v) is 6.69. The molecule has 2 aromatic rings. The van der Waals surface area contributed by atoms with E-state index in [0.717, 1.165) is 0 Å². The number of nitrogens with one attached hydrogen (secondary N) is 1. The van der Waals surface area contributed by atoms with Gasteiger partial charge in [0.2, 0.25) is 0 Å². The maximum Gasteiger partial charge on any atom is 0.261 e. The molecule has 0 radical (unpaired) electrons. The van der Waals surface area contributed by atoms with E-state index in [0.29, 0.717) is 11.3 Å². The summed E-state index contributed by atoms with van der Waals surface area (Å²) in [7, 11) is 2.83. The van der Waals surface area contributed by atoms with Crippen molar-refractivity contribution in [3.8, 4) is 5.75 Å². The van der Waals surface area contributed by atoms with Gasteiger partial charge in [0.05, 0.1) is 17.7 Å². The molecule has 5 nitrogen and oxygen atoms in total. The SMILES string of the molecule is COc1ccc(S(=O)(=O)Cl)cc1NC(=O)c1ccccc1. The van der Waals surface area contributed by atoms with Gasteiger partial charge in [-0.3, -0.25) is 4.79 Å². The van der Waals surface area contributed by atoms with E-state index >= 15 is 0 Å². The number of methoxy groups -OCH3 is 1. The quantitative estimate of drug-likeness (QED) is 0.877. The molecule has 0 aliphatic heterocycles. The highest BCUT2D eigenvalue weighted by molar-refractivity contribution is 8.13. The predicted molar refractivity (Wildman–Crippen MR) is 80.4 cm³/mol. The monoisotopic (exact) mass is 325 g/mol. The molecule has 2 aromatic carbocycles. The van der Waals surface area contributed by atoms with E-state index in [-0.39, 0.29) is 16.5 Å². The molecule has 0 saturated carbocycles. The summed E-state index contributed by atoms with van der Waals surface area (Å²) in [6.45, 7) is 0. The van der Waals surface area contributed by atoms with E-state index < -0.39 is 9.05 Å². The summed E-state index contributed by atoms with van der Waals surface area (Å²) in [6, 6.07) is 12.5. The maximum absolute atomic E-state index is 12.1. The van der Waals surface area contributed by atoms with Crippen molar-refractivity contribution in [2.45, 2.75) is 4.90 Å². The molecule has 0 aromatic heterocycles. The maximum atomic E-state index is 12.1. The van der Waals surface area contributed by atoms with Gasteiger partial charge in [-0.1, -0.05) is 18.2 Å². The molecule has 0 spiro atoms. The van der Waals surface area contributed by atoms with E-state index in [1.165, 1.54) is 25.3 Å². The molecule has 0 unspecified atom stereocenters. The second kappa shape index (κ2) is 6.15. The third kappa shape index (κ3) is 3.74. The van der Waals surface area contributed by atoms with Crippen molar-refractivity contribution in [1.82, 2.24) is 0 Å². The van der Waals surface area contributed by atoms with Crippen LogP contribution in [0.4, 0.5) is 5.69 Å². The van der Waals surface area contributed by atoms with Gasteiger partial charge in [0.15, 0.2) is 0 Å². The van der Waals surface area contributed by atoms with Crippen LogP contribution in [-0.2, 0) is 9.05 Å². The smallest absolute Gasteiger partial charge is 0.261 e. The summed E-state index contributed by atoms with van der Waals surface area (Å²) >= 11 is 0. The molecule has 0 saturated heterocycles. The zero-order valence-corrected chi connectivity index (χ0v) is 12.6. The molecule has 0 aliphatic rings. The summed E-state index contributed by atoms with van der Waals surface area (Å²) in [5, 5.41) is 2.60. The van der Waals surface area contributed by atoms with Crippen LogP contribution in [0.3, 0.4) is 0 Å². The van der Waals surface area contributed by atoms with Crippen molar-refractivity contribution < 1.29 is 17.9 Å². The van der Waals surface area contributed by atoms with Gasteiger partial charge in [-0.15, -0.1) is 0 Å². The number of anilines is 1. The van der Waals surface area contributed by atoms with Gasteiger partial charge in [-0.25, -0.2) is 8.42 Å². The molecular weight excluding hydrogens is 314 g/mol. The lowest BCUT2D eigenvalue weighted by Crippen LogP contribution is -2.12. The van der Waals surface area contributed by atoms with Crippen LogP contribution >= 0.6 is 10.7 Å². The molecule has 0 heterocycles. The van der Waals surface area contributed by atoms with Crippen LogP contribution in [0.25, 0.3) is 0 Å². The second-order valence-electron chi connectivity index (χ2n) is 4.12. The van der Waals surface area contributed by atoms with E-state index in [4.69, 9.17) is 15.4 Å². The predicted octanol–water partition coefficient (Wildman–Crippen LogP) is 2.88. The van der Waals surface area contributed by atoms with Crippen LogP contribution in [0, 0.1) is 0 Å². The normalized spacial score (nSPS) is 11.0. The Morgan fingerprint density at radius 1 is 1.14 bits per heavy atom. The van der Waals surface area contributed by atoms with Crippen molar-refractivity contribution in [3.05, 3.63) is 54.1 Å². The number of hydrogen-bond donors (Lipinski definition) is 1. The first-order chi connectivity index (χ1) is 9.91. The number of rotatable bonds is 4. The molecular formula is C14H12ClNO4S. The summed E-state index contributed by atoms with van der Waals surface area (Å²) in [4.78, 5) is 12.0. The Balaban J connectivity index is 2.36. The molecule has 0 fully saturated rings. The first-order valence-electron chi connectivity index (χ1n) is 5.91. The first kappa shape index (κ1) is 15.3. The molecule has 0 atom stereocenters. The molecule has 2 rings (SSSR count). The fourth-order valence-corrected chi connectivity index (χ4v) is 2.50. The van der Waals surface area contributed by atoms with Gasteiger partial charge >= 0.3 is 0 Å². The zero-order chi connectivity index (χ0) is 15.5. The van der Waals surface area contributed by atoms with Gasteiger partial charge in [0.1, 0.15) is 5.75 Å². The highest BCUT2D eigenvalue weighted by atomic mass is 35.7. The molecule has 1 amide bonds. The van der Waals surface area contributed by atoms with Crippen LogP contribution in [-0.4, -0.2) is 21.4 Å². The van der Waals surface area contributed by atoms with Gasteiger partial charge in [-0.05, 0) is 30.3 Å². The standard InChI is InChI=1S/C14H12ClNO4S/c1-20-13-8-7-11(21(15,18)19)9-12(13)16-14(17)10-5-3-2-4-6-10/h2-9H,1H3,(H,16,17). The third-order valence-electron chi connectivity index (χ3n) is 2.74. The molecule has 1 N–H and O–H groups in total. The topological polar surface area (TPSA) is 72.5 Å². The minimum absolute atomic E-state index is 0.117. The van der Waals surface area contributed by atoms with E-state index in [1.54, 1.807) is 30.3 Å². The summed E-state index contributed by atoms with van der Waals surface area (Å²) in [6.07, 6.45) is 0. The Kier molecular flexibility index (Phi) is 4.50. The lowest BCUT2D eigenvalue weighted by Gasteiger charge is -2.11. The third-order valence-corrected chi connectivity index (χ3v) is 4.09. The van der Waals surface area contributed by atoms with Gasteiger partial charge in [0.25, 0.3) is 15.0 Å². The van der Waals surface area contributed by atoms with Crippen molar-refractivity contribution in [2.24, 2.45) is 0 Å². The van der Waals surface area contributed by atoms with Crippen molar-refractivity contribution >= 4 is 31.3 Å². The Bertz CT molecular complexity index is 760. The Hall–Kier alpha value is -2.05. The fourth-order valence-electron chi connectivity index (χ4n) is 1.72. The van der Waals surface area contributed by atoms with Crippen LogP contribution in [0.15, 0.2) is 53.4 Å². The molecule has 0 aliphatic carbocycles. The van der Waals surface area contributed by atoms with E-state index in [9.17, 15) is 13.2 Å². The number of amides is 1. The number of hydrogen-bond acceptors (Lipinski definition) is 4. The minimum Gasteiger partial charge on any atom is -0.495 e. The fraction of sp³-hybridized carbons (Fsp3) is 0.0714.